The van der Waals surface area contributed by atoms with Crippen molar-refractivity contribution < 1.29 is 13.3 Å². The Bertz CT molecular complexity index is 820. The number of halogens is 2. The van der Waals surface area contributed by atoms with Crippen molar-refractivity contribution in [1.82, 2.24) is 4.98 Å². The fourth-order valence-electron chi connectivity index (χ4n) is 1.43. The Hall–Kier alpha value is -1.42. The predicted molar refractivity (Wildman–Crippen MR) is 80.8 cm³/mol. The molecule has 2 rings (SSSR count). The van der Waals surface area contributed by atoms with Gasteiger partial charge in [-0.1, -0.05) is 23.2 Å². The second kappa shape index (κ2) is 5.76. The van der Waals surface area contributed by atoms with E-state index in [1.165, 1.54) is 12.1 Å². The van der Waals surface area contributed by atoms with Crippen molar-refractivity contribution in [2.24, 2.45) is 0 Å². The van der Waals surface area contributed by atoms with Crippen LogP contribution in [0.3, 0.4) is 0 Å². The molecule has 2 heterocycles. The first-order valence-corrected chi connectivity index (χ1v) is 8.36. The molecule has 112 valence electrons. The monoisotopic (exact) mass is 367 g/mol. The van der Waals surface area contributed by atoms with Crippen LogP contribution in [-0.4, -0.2) is 18.3 Å². The van der Waals surface area contributed by atoms with E-state index in [0.717, 1.165) is 6.07 Å². The van der Waals surface area contributed by atoms with Gasteiger partial charge < -0.3 is 0 Å². The molecule has 0 bridgehead atoms. The lowest BCUT2D eigenvalue weighted by Crippen LogP contribution is -2.12. The summed E-state index contributed by atoms with van der Waals surface area (Å²) in [6.07, 6.45) is 0. The molecule has 21 heavy (non-hydrogen) atoms. The molecule has 0 aliphatic heterocycles. The third-order valence-corrected chi connectivity index (χ3v) is 5.79. The minimum Gasteiger partial charge on any atom is -0.277 e. The molecule has 2 aromatic rings. The largest absolute Gasteiger partial charge is 0.300 e. The van der Waals surface area contributed by atoms with Gasteiger partial charge in [0.05, 0.1) is 16.3 Å². The Balaban J connectivity index is 2.38. The lowest BCUT2D eigenvalue weighted by molar-refractivity contribution is -0.384. The van der Waals surface area contributed by atoms with Crippen LogP contribution in [0.1, 0.15) is 5.69 Å². The van der Waals surface area contributed by atoms with Crippen LogP contribution in [0.2, 0.25) is 9.49 Å². The maximum atomic E-state index is 12.2. The number of sulfonamides is 1. The van der Waals surface area contributed by atoms with Crippen molar-refractivity contribution in [3.63, 3.8) is 0 Å². The number of aromatic nitrogens is 1. The van der Waals surface area contributed by atoms with E-state index in [1.807, 2.05) is 0 Å². The van der Waals surface area contributed by atoms with Gasteiger partial charge in [0.15, 0.2) is 4.34 Å². The van der Waals surface area contributed by atoms with Gasteiger partial charge in [0.2, 0.25) is 0 Å². The first kappa shape index (κ1) is 16.0. The molecular weight excluding hydrogens is 361 g/mol. The van der Waals surface area contributed by atoms with E-state index in [9.17, 15) is 18.5 Å². The smallest absolute Gasteiger partial charge is 0.277 e. The number of aryl methyl sites for hydroxylation is 1. The summed E-state index contributed by atoms with van der Waals surface area (Å²) in [7, 11) is -3.99. The summed E-state index contributed by atoms with van der Waals surface area (Å²) in [5.74, 6) is 0. The standard InChI is InChI=1S/C10H7Cl2N3O4S2/c1-5-6(2-3-8(11)13-5)14-21(18,19)9-4-7(15(16)17)10(12)20-9/h2-4,14H,1H3. The maximum absolute atomic E-state index is 12.2. The minimum absolute atomic E-state index is 0.202. The zero-order chi connectivity index (χ0) is 15.8. The van der Waals surface area contributed by atoms with Crippen molar-refractivity contribution in [1.29, 1.82) is 0 Å². The summed E-state index contributed by atoms with van der Waals surface area (Å²) in [5.41, 5.74) is 0.155. The Morgan fingerprint density at radius 2 is 2.05 bits per heavy atom. The molecule has 11 heteroatoms. The first-order chi connectivity index (χ1) is 9.70. The predicted octanol–water partition coefficient (Wildman–Crippen LogP) is 3.47. The Labute approximate surface area is 133 Å². The second-order valence-corrected chi connectivity index (χ2v) is 7.80. The average Bonchev–Trinajstić information content (AvgIpc) is 2.76. The summed E-state index contributed by atoms with van der Waals surface area (Å²) in [6, 6.07) is 3.79. The van der Waals surface area contributed by atoms with Crippen LogP contribution in [0.15, 0.2) is 22.4 Å². The van der Waals surface area contributed by atoms with E-state index in [0.29, 0.717) is 17.0 Å². The molecule has 0 fully saturated rings. The lowest BCUT2D eigenvalue weighted by Gasteiger charge is -2.08. The molecule has 0 saturated heterocycles. The SMILES string of the molecule is Cc1nc(Cl)ccc1NS(=O)(=O)c1cc([N+](=O)[O-])c(Cl)s1. The number of hydrogen-bond acceptors (Lipinski definition) is 6. The zero-order valence-corrected chi connectivity index (χ0v) is 13.5. The molecule has 0 spiro atoms. The summed E-state index contributed by atoms with van der Waals surface area (Å²) >= 11 is 11.9. The second-order valence-electron chi connectivity index (χ2n) is 3.85. The number of anilines is 1. The molecular formula is C10H7Cl2N3O4S2. The van der Waals surface area contributed by atoms with Crippen molar-refractivity contribution in [2.75, 3.05) is 4.72 Å². The third-order valence-electron chi connectivity index (χ3n) is 2.40. The molecule has 0 unspecified atom stereocenters. The number of hydrogen-bond donors (Lipinski definition) is 1. The summed E-state index contributed by atoms with van der Waals surface area (Å²) in [5, 5.41) is 10.9. The van der Waals surface area contributed by atoms with Gasteiger partial charge in [0.25, 0.3) is 15.7 Å². The van der Waals surface area contributed by atoms with E-state index < -0.39 is 20.6 Å². The number of thiophene rings is 1. The first-order valence-electron chi connectivity index (χ1n) is 5.30. The van der Waals surface area contributed by atoms with Crippen LogP contribution in [0, 0.1) is 17.0 Å². The Kier molecular flexibility index (Phi) is 4.38. The van der Waals surface area contributed by atoms with Gasteiger partial charge in [-0.2, -0.15) is 0 Å². The number of nitro groups is 1. The van der Waals surface area contributed by atoms with E-state index in [4.69, 9.17) is 23.2 Å². The Morgan fingerprint density at radius 3 is 2.57 bits per heavy atom. The van der Waals surface area contributed by atoms with E-state index in [2.05, 4.69) is 9.71 Å². The number of rotatable bonds is 4. The minimum atomic E-state index is -3.99. The lowest BCUT2D eigenvalue weighted by atomic mass is 10.3. The molecule has 0 aliphatic carbocycles. The van der Waals surface area contributed by atoms with Gasteiger partial charge in [-0.25, -0.2) is 13.4 Å². The molecule has 0 radical (unpaired) electrons. The molecule has 0 aliphatic rings. The number of pyridine rings is 1. The highest BCUT2D eigenvalue weighted by molar-refractivity contribution is 7.94. The number of nitrogens with zero attached hydrogens (tertiary/aromatic N) is 2. The van der Waals surface area contributed by atoms with E-state index >= 15 is 0 Å². The van der Waals surface area contributed by atoms with E-state index in [-0.39, 0.29) is 19.4 Å². The highest BCUT2D eigenvalue weighted by Gasteiger charge is 2.25. The van der Waals surface area contributed by atoms with Gasteiger partial charge in [-0.15, -0.1) is 11.3 Å². The molecule has 2 aromatic heterocycles. The molecule has 0 atom stereocenters. The quantitative estimate of drug-likeness (QED) is 0.506. The van der Waals surface area contributed by atoms with Crippen LogP contribution in [-0.2, 0) is 10.0 Å². The molecule has 0 amide bonds. The molecule has 0 aromatic carbocycles. The normalized spacial score (nSPS) is 11.4. The molecule has 0 saturated carbocycles. The fraction of sp³-hybridized carbons (Fsp3) is 0.100. The molecule has 1 N–H and O–H groups in total. The summed E-state index contributed by atoms with van der Waals surface area (Å²) < 4.78 is 26.2. The highest BCUT2D eigenvalue weighted by atomic mass is 35.5. The topological polar surface area (TPSA) is 102 Å². The fourth-order valence-corrected chi connectivity index (χ4v) is 4.40. The summed E-state index contributed by atoms with van der Waals surface area (Å²) in [4.78, 5) is 13.9. The van der Waals surface area contributed by atoms with Gasteiger partial charge >= 0.3 is 0 Å². The van der Waals surface area contributed by atoms with Gasteiger partial charge in [0.1, 0.15) is 9.36 Å². The van der Waals surface area contributed by atoms with Crippen LogP contribution in [0.4, 0.5) is 11.4 Å². The average molecular weight is 368 g/mol. The van der Waals surface area contributed by atoms with Crippen molar-refractivity contribution >= 4 is 55.9 Å². The van der Waals surface area contributed by atoms with Gasteiger partial charge in [0, 0.05) is 6.07 Å². The van der Waals surface area contributed by atoms with Crippen LogP contribution in [0.5, 0.6) is 0 Å². The van der Waals surface area contributed by atoms with Crippen molar-refractivity contribution in [2.45, 2.75) is 11.1 Å². The zero-order valence-electron chi connectivity index (χ0n) is 10.3. The number of nitrogens with one attached hydrogen (secondary N) is 1. The van der Waals surface area contributed by atoms with Crippen LogP contribution in [0.25, 0.3) is 0 Å². The van der Waals surface area contributed by atoms with Gasteiger partial charge in [-0.3, -0.25) is 14.8 Å². The van der Waals surface area contributed by atoms with Crippen LogP contribution < -0.4 is 4.72 Å². The maximum Gasteiger partial charge on any atom is 0.300 e. The Morgan fingerprint density at radius 1 is 1.38 bits per heavy atom. The van der Waals surface area contributed by atoms with Gasteiger partial charge in [-0.05, 0) is 19.1 Å². The summed E-state index contributed by atoms with van der Waals surface area (Å²) in [6.45, 7) is 1.58. The van der Waals surface area contributed by atoms with E-state index in [1.54, 1.807) is 6.92 Å². The highest BCUT2D eigenvalue weighted by Crippen LogP contribution is 2.37. The van der Waals surface area contributed by atoms with Crippen LogP contribution >= 0.6 is 34.5 Å². The third kappa shape index (κ3) is 3.43. The van der Waals surface area contributed by atoms with Crippen molar-refractivity contribution in [3.05, 3.63) is 43.5 Å². The van der Waals surface area contributed by atoms with Crippen molar-refractivity contribution in [3.8, 4) is 0 Å². The molecule has 7 nitrogen and oxygen atoms in total.